The maximum Gasteiger partial charge on any atom is 0.202 e. The first-order valence-electron chi connectivity index (χ1n) is 9.15. The van der Waals surface area contributed by atoms with Gasteiger partial charge in [0.25, 0.3) is 0 Å². The molecule has 0 radical (unpaired) electrons. The van der Waals surface area contributed by atoms with E-state index >= 15 is 0 Å². The third-order valence-electron chi connectivity index (χ3n) is 4.63. The maximum atomic E-state index is 12.9. The van der Waals surface area contributed by atoms with Crippen LogP contribution in [0.2, 0.25) is 0 Å². The summed E-state index contributed by atoms with van der Waals surface area (Å²) in [6.07, 6.45) is 5.13. The number of aromatic nitrogens is 1. The van der Waals surface area contributed by atoms with Crippen LogP contribution in [0.25, 0.3) is 21.5 Å². The first-order chi connectivity index (χ1) is 13.2. The van der Waals surface area contributed by atoms with Crippen molar-refractivity contribution in [2.24, 2.45) is 5.73 Å². The zero-order valence-corrected chi connectivity index (χ0v) is 17.2. The highest BCUT2D eigenvalue weighted by atomic mass is 35.5. The van der Waals surface area contributed by atoms with Crippen LogP contribution in [0.1, 0.15) is 36.9 Å². The summed E-state index contributed by atoms with van der Waals surface area (Å²) >= 11 is 1.44. The highest BCUT2D eigenvalue weighted by Crippen LogP contribution is 2.32. The van der Waals surface area contributed by atoms with Crippen molar-refractivity contribution in [2.45, 2.75) is 45.5 Å². The Morgan fingerprint density at radius 1 is 1.29 bits per heavy atom. The van der Waals surface area contributed by atoms with Crippen molar-refractivity contribution >= 4 is 34.7 Å². The number of halogens is 1. The zero-order chi connectivity index (χ0) is 18.8. The number of ether oxygens (including phenoxy) is 2. The second kappa shape index (κ2) is 9.05. The van der Waals surface area contributed by atoms with Crippen LogP contribution in [0.4, 0.5) is 0 Å². The van der Waals surface area contributed by atoms with Gasteiger partial charge in [-0.2, -0.15) is 0 Å². The molecule has 2 N–H and O–H groups in total. The highest BCUT2D eigenvalue weighted by Gasteiger charge is 2.22. The van der Waals surface area contributed by atoms with Crippen molar-refractivity contribution < 1.29 is 13.9 Å². The van der Waals surface area contributed by atoms with Crippen LogP contribution in [-0.4, -0.2) is 17.8 Å². The van der Waals surface area contributed by atoms with Crippen LogP contribution >= 0.6 is 23.7 Å². The van der Waals surface area contributed by atoms with Gasteiger partial charge in [-0.25, -0.2) is 4.98 Å². The molecule has 1 aliphatic heterocycles. The average molecular weight is 423 g/mol. The Morgan fingerprint density at radius 2 is 2.14 bits per heavy atom. The molecule has 6 nitrogen and oxygen atoms in total. The van der Waals surface area contributed by atoms with Crippen molar-refractivity contribution in [3.63, 3.8) is 0 Å². The highest BCUT2D eigenvalue weighted by molar-refractivity contribution is 7.13. The fourth-order valence-corrected chi connectivity index (χ4v) is 3.98. The van der Waals surface area contributed by atoms with Crippen LogP contribution in [0.15, 0.2) is 33.0 Å². The lowest BCUT2D eigenvalue weighted by Gasteiger charge is -2.26. The zero-order valence-electron chi connectivity index (χ0n) is 15.6. The van der Waals surface area contributed by atoms with E-state index in [2.05, 4.69) is 4.98 Å². The van der Waals surface area contributed by atoms with E-state index in [1.165, 1.54) is 17.6 Å². The number of nitrogens with two attached hydrogens (primary N) is 1. The van der Waals surface area contributed by atoms with Crippen LogP contribution in [0, 0.1) is 6.92 Å². The molecule has 0 saturated carbocycles. The molecular formula is C20H23ClN2O4S. The van der Waals surface area contributed by atoms with Gasteiger partial charge in [0.1, 0.15) is 22.6 Å². The monoisotopic (exact) mass is 422 g/mol. The van der Waals surface area contributed by atoms with E-state index in [9.17, 15) is 4.79 Å². The molecular weight excluding hydrogens is 400 g/mol. The molecule has 150 valence electrons. The van der Waals surface area contributed by atoms with Gasteiger partial charge in [-0.05, 0) is 32.4 Å². The predicted molar refractivity (Wildman–Crippen MR) is 112 cm³/mol. The fraction of sp³-hybridized carbons (Fsp3) is 0.400. The van der Waals surface area contributed by atoms with Crippen molar-refractivity contribution in [3.05, 3.63) is 45.3 Å². The first kappa shape index (κ1) is 20.8. The first-order valence-corrected chi connectivity index (χ1v) is 10.0. The molecule has 1 aliphatic rings. The number of nitrogens with zero attached hydrogens (tertiary/aromatic N) is 1. The summed E-state index contributed by atoms with van der Waals surface area (Å²) in [7, 11) is 0. The summed E-state index contributed by atoms with van der Waals surface area (Å²) < 4.78 is 17.5. The molecule has 2 aromatic heterocycles. The lowest BCUT2D eigenvalue weighted by Crippen LogP contribution is -2.25. The normalized spacial score (nSPS) is 15.7. The Hall–Kier alpha value is -1.93. The molecule has 1 aromatic carbocycles. The third-order valence-corrected chi connectivity index (χ3v) is 5.63. The van der Waals surface area contributed by atoms with Crippen LogP contribution in [0.5, 0.6) is 5.75 Å². The molecule has 0 bridgehead atoms. The van der Waals surface area contributed by atoms with E-state index in [0.717, 1.165) is 42.7 Å². The molecule has 1 unspecified atom stereocenters. The van der Waals surface area contributed by atoms with E-state index < -0.39 is 0 Å². The van der Waals surface area contributed by atoms with E-state index in [0.29, 0.717) is 34.7 Å². The number of benzene rings is 1. The number of aryl methyl sites for hydroxylation is 1. The molecule has 0 saturated heterocycles. The van der Waals surface area contributed by atoms with Gasteiger partial charge in [-0.15, -0.1) is 23.7 Å². The van der Waals surface area contributed by atoms with E-state index in [1.54, 1.807) is 6.07 Å². The summed E-state index contributed by atoms with van der Waals surface area (Å²) in [5.74, 6) is 0.721. The van der Waals surface area contributed by atoms with Crippen LogP contribution < -0.4 is 15.9 Å². The Kier molecular flexibility index (Phi) is 6.72. The van der Waals surface area contributed by atoms with Gasteiger partial charge in [0.05, 0.1) is 17.6 Å². The summed E-state index contributed by atoms with van der Waals surface area (Å²) in [5, 5.41) is 3.11. The van der Waals surface area contributed by atoms with Gasteiger partial charge < -0.3 is 19.6 Å². The standard InChI is InChI=1S/C20H22N2O4S.ClH/c1-12-11-27-20(22-12)15-10-24-17-8-16-13(7-14(17)19(15)23)9-25-18(26-16)5-3-2-4-6-21;/h7-8,10-11,18H,2-6,9,21H2,1H3;1H. The molecule has 3 heterocycles. The second-order valence-electron chi connectivity index (χ2n) is 6.73. The van der Waals surface area contributed by atoms with Crippen molar-refractivity contribution in [3.8, 4) is 16.3 Å². The Balaban J connectivity index is 0.00000225. The number of hydrogen-bond acceptors (Lipinski definition) is 7. The number of thiazole rings is 1. The Morgan fingerprint density at radius 3 is 2.89 bits per heavy atom. The molecule has 28 heavy (non-hydrogen) atoms. The number of hydrogen-bond donors (Lipinski definition) is 1. The van der Waals surface area contributed by atoms with Crippen LogP contribution in [0.3, 0.4) is 0 Å². The summed E-state index contributed by atoms with van der Waals surface area (Å²) in [5.41, 5.74) is 8.18. The average Bonchev–Trinajstić information content (AvgIpc) is 3.10. The molecule has 0 amide bonds. The van der Waals surface area contributed by atoms with Gasteiger partial charge in [-0.1, -0.05) is 6.42 Å². The summed E-state index contributed by atoms with van der Waals surface area (Å²) in [6, 6.07) is 3.60. The van der Waals surface area contributed by atoms with Gasteiger partial charge in [0.2, 0.25) is 5.43 Å². The molecule has 8 heteroatoms. The van der Waals surface area contributed by atoms with E-state index in [1.807, 2.05) is 18.4 Å². The summed E-state index contributed by atoms with van der Waals surface area (Å²) in [6.45, 7) is 3.04. The van der Waals surface area contributed by atoms with Gasteiger partial charge in [-0.3, -0.25) is 4.79 Å². The SMILES string of the molecule is Cc1csc(-c2coc3cc4c(cc3c2=O)COC(CCCCCN)O4)n1.Cl. The van der Waals surface area contributed by atoms with E-state index in [4.69, 9.17) is 19.6 Å². The quantitative estimate of drug-likeness (QED) is 0.592. The predicted octanol–water partition coefficient (Wildman–Crippen LogP) is 4.40. The smallest absolute Gasteiger partial charge is 0.202 e. The number of fused-ring (bicyclic) bond motifs is 2. The minimum absolute atomic E-state index is 0. The minimum Gasteiger partial charge on any atom is -0.464 e. The summed E-state index contributed by atoms with van der Waals surface area (Å²) in [4.78, 5) is 17.3. The molecule has 0 fully saturated rings. The molecule has 4 rings (SSSR count). The number of rotatable bonds is 6. The largest absolute Gasteiger partial charge is 0.464 e. The Bertz CT molecular complexity index is 1020. The lowest BCUT2D eigenvalue weighted by atomic mass is 10.1. The van der Waals surface area contributed by atoms with Crippen molar-refractivity contribution in [1.29, 1.82) is 0 Å². The fourth-order valence-electron chi connectivity index (χ4n) is 3.18. The maximum absolute atomic E-state index is 12.9. The van der Waals surface area contributed by atoms with Crippen molar-refractivity contribution in [2.75, 3.05) is 6.54 Å². The Labute approximate surface area is 173 Å². The molecule has 0 spiro atoms. The number of unbranched alkanes of at least 4 members (excludes halogenated alkanes) is 2. The molecule has 3 aromatic rings. The third kappa shape index (κ3) is 4.22. The minimum atomic E-state index is -0.267. The van der Waals surface area contributed by atoms with Gasteiger partial charge in [0.15, 0.2) is 6.29 Å². The lowest BCUT2D eigenvalue weighted by molar-refractivity contribution is -0.112. The van der Waals surface area contributed by atoms with Gasteiger partial charge in [0, 0.05) is 29.1 Å². The van der Waals surface area contributed by atoms with Gasteiger partial charge >= 0.3 is 0 Å². The topological polar surface area (TPSA) is 87.6 Å². The molecule has 0 aliphatic carbocycles. The molecule has 1 atom stereocenters. The van der Waals surface area contributed by atoms with Crippen molar-refractivity contribution in [1.82, 2.24) is 4.98 Å². The van der Waals surface area contributed by atoms with E-state index in [-0.39, 0.29) is 24.1 Å². The second-order valence-corrected chi connectivity index (χ2v) is 7.58. The van der Waals surface area contributed by atoms with Crippen LogP contribution in [-0.2, 0) is 11.3 Å².